The van der Waals surface area contributed by atoms with E-state index in [1.807, 2.05) is 0 Å². The van der Waals surface area contributed by atoms with E-state index in [1.54, 1.807) is 0 Å². The first-order valence-corrected chi connectivity index (χ1v) is 8.87. The number of sulfonamides is 1. The first kappa shape index (κ1) is 14.9. The number of aliphatic hydroxyl groups is 1. The highest BCUT2D eigenvalue weighted by Crippen LogP contribution is 2.48. The maximum atomic E-state index is 13.3. The summed E-state index contributed by atoms with van der Waals surface area (Å²) in [7, 11) is -3.78. The van der Waals surface area contributed by atoms with E-state index in [2.05, 4.69) is 4.72 Å². The molecule has 0 heterocycles. The van der Waals surface area contributed by atoms with Gasteiger partial charge in [-0.05, 0) is 54.7 Å². The van der Waals surface area contributed by atoms with Gasteiger partial charge in [-0.1, -0.05) is 12.5 Å². The lowest BCUT2D eigenvalue weighted by Gasteiger charge is -2.22. The zero-order chi connectivity index (χ0) is 15.0. The molecule has 21 heavy (non-hydrogen) atoms. The van der Waals surface area contributed by atoms with E-state index < -0.39 is 22.4 Å². The van der Waals surface area contributed by atoms with Crippen LogP contribution in [0.15, 0.2) is 23.1 Å². The second-order valence-electron chi connectivity index (χ2n) is 6.20. The van der Waals surface area contributed by atoms with Gasteiger partial charge >= 0.3 is 0 Å². The number of hydrogen-bond donors (Lipinski definition) is 2. The van der Waals surface area contributed by atoms with Gasteiger partial charge in [-0.25, -0.2) is 17.5 Å². The van der Waals surface area contributed by atoms with Crippen molar-refractivity contribution in [3.8, 4) is 0 Å². The molecule has 0 spiro atoms. The fourth-order valence-corrected chi connectivity index (χ4v) is 5.16. The van der Waals surface area contributed by atoms with Crippen molar-refractivity contribution in [3.05, 3.63) is 29.6 Å². The molecule has 4 nitrogen and oxygen atoms in total. The Balaban J connectivity index is 1.73. The zero-order valence-electron chi connectivity index (χ0n) is 11.8. The summed E-state index contributed by atoms with van der Waals surface area (Å²) < 4.78 is 40.6. The number of aliphatic hydroxyl groups excluding tert-OH is 1. The van der Waals surface area contributed by atoms with E-state index in [0.29, 0.717) is 18.4 Å². The van der Waals surface area contributed by atoms with Crippen LogP contribution in [-0.2, 0) is 16.6 Å². The van der Waals surface area contributed by atoms with Gasteiger partial charge in [-0.15, -0.1) is 0 Å². The molecule has 3 unspecified atom stereocenters. The van der Waals surface area contributed by atoms with Crippen LogP contribution in [0.5, 0.6) is 0 Å². The minimum atomic E-state index is -3.78. The average molecular weight is 313 g/mol. The van der Waals surface area contributed by atoms with Gasteiger partial charge in [0.1, 0.15) is 5.82 Å². The molecule has 2 aliphatic carbocycles. The number of fused-ring (bicyclic) bond motifs is 2. The molecule has 1 aromatic carbocycles. The predicted octanol–water partition coefficient (Wildman–Crippen LogP) is 2.03. The minimum Gasteiger partial charge on any atom is -0.392 e. The van der Waals surface area contributed by atoms with Crippen LogP contribution in [0.2, 0.25) is 0 Å². The first-order valence-electron chi connectivity index (χ1n) is 7.38. The van der Waals surface area contributed by atoms with E-state index in [1.165, 1.54) is 25.3 Å². The quantitative estimate of drug-likeness (QED) is 0.874. The second kappa shape index (κ2) is 5.66. The Bertz CT molecular complexity index is 632. The van der Waals surface area contributed by atoms with Crippen molar-refractivity contribution in [2.24, 2.45) is 17.8 Å². The van der Waals surface area contributed by atoms with E-state index >= 15 is 0 Å². The molecule has 0 radical (unpaired) electrons. The molecule has 6 heteroatoms. The topological polar surface area (TPSA) is 66.4 Å². The fraction of sp³-hybridized carbons (Fsp3) is 0.600. The molecule has 3 atom stereocenters. The summed E-state index contributed by atoms with van der Waals surface area (Å²) in [5.41, 5.74) is 0.219. The van der Waals surface area contributed by atoms with Gasteiger partial charge in [0.2, 0.25) is 10.0 Å². The van der Waals surface area contributed by atoms with Crippen LogP contribution in [-0.4, -0.2) is 20.1 Å². The van der Waals surface area contributed by atoms with Crippen LogP contribution < -0.4 is 4.72 Å². The molecule has 2 fully saturated rings. The summed E-state index contributed by atoms with van der Waals surface area (Å²) >= 11 is 0. The molecule has 0 saturated heterocycles. The van der Waals surface area contributed by atoms with Crippen LogP contribution >= 0.6 is 0 Å². The Hall–Kier alpha value is -0.980. The smallest absolute Gasteiger partial charge is 0.241 e. The summed E-state index contributed by atoms with van der Waals surface area (Å²) in [6, 6.07) is 3.43. The van der Waals surface area contributed by atoms with E-state index in [0.717, 1.165) is 24.5 Å². The van der Waals surface area contributed by atoms with Crippen LogP contribution in [0.3, 0.4) is 0 Å². The molecule has 2 saturated carbocycles. The Morgan fingerprint density at radius 1 is 1.29 bits per heavy atom. The van der Waals surface area contributed by atoms with Gasteiger partial charge in [0.15, 0.2) is 0 Å². The Morgan fingerprint density at radius 2 is 2.10 bits per heavy atom. The van der Waals surface area contributed by atoms with Crippen molar-refractivity contribution in [3.63, 3.8) is 0 Å². The number of benzene rings is 1. The molecule has 3 rings (SSSR count). The standard InChI is InChI=1S/C15H20FNO3S/c16-14-4-3-12(9-18)15(7-14)21(19,20)17-8-13-6-10-1-2-11(13)5-10/h3-4,7,10-11,13,17-18H,1-2,5-6,8-9H2. The zero-order valence-corrected chi connectivity index (χ0v) is 12.6. The predicted molar refractivity (Wildman–Crippen MR) is 76.4 cm³/mol. The van der Waals surface area contributed by atoms with Gasteiger partial charge in [-0.3, -0.25) is 0 Å². The lowest BCUT2D eigenvalue weighted by Crippen LogP contribution is -2.32. The Labute approximate surface area is 124 Å². The molecule has 2 aliphatic rings. The molecule has 1 aromatic rings. The SMILES string of the molecule is O=S(=O)(NCC1CC2CCC1C2)c1cc(F)ccc1CO. The maximum Gasteiger partial charge on any atom is 0.241 e. The molecule has 2 N–H and O–H groups in total. The van der Waals surface area contributed by atoms with E-state index in [-0.39, 0.29) is 10.5 Å². The number of halogens is 1. The third-order valence-corrected chi connectivity index (χ3v) is 6.41. The lowest BCUT2D eigenvalue weighted by atomic mass is 9.89. The third-order valence-electron chi connectivity index (χ3n) is 4.91. The summed E-state index contributed by atoms with van der Waals surface area (Å²) in [4.78, 5) is -0.159. The van der Waals surface area contributed by atoms with Gasteiger partial charge in [-0.2, -0.15) is 0 Å². The van der Waals surface area contributed by atoms with Gasteiger partial charge in [0.25, 0.3) is 0 Å². The van der Waals surface area contributed by atoms with Gasteiger partial charge in [0, 0.05) is 6.54 Å². The maximum absolute atomic E-state index is 13.3. The molecule has 0 aromatic heterocycles. The van der Waals surface area contributed by atoms with Crippen molar-refractivity contribution in [1.82, 2.24) is 4.72 Å². The van der Waals surface area contributed by atoms with Gasteiger partial charge < -0.3 is 5.11 Å². The lowest BCUT2D eigenvalue weighted by molar-refractivity contribution is 0.278. The highest BCUT2D eigenvalue weighted by molar-refractivity contribution is 7.89. The molecule has 2 bridgehead atoms. The minimum absolute atomic E-state index is 0.159. The van der Waals surface area contributed by atoms with Crippen LogP contribution in [0.25, 0.3) is 0 Å². The summed E-state index contributed by atoms with van der Waals surface area (Å²) in [6.07, 6.45) is 4.77. The van der Waals surface area contributed by atoms with Crippen LogP contribution in [0.1, 0.15) is 31.2 Å². The Morgan fingerprint density at radius 3 is 2.71 bits per heavy atom. The van der Waals surface area contributed by atoms with Crippen molar-refractivity contribution in [1.29, 1.82) is 0 Å². The second-order valence-corrected chi connectivity index (χ2v) is 7.93. The molecular weight excluding hydrogens is 293 g/mol. The summed E-state index contributed by atoms with van der Waals surface area (Å²) in [5, 5.41) is 9.22. The third kappa shape index (κ3) is 2.98. The monoisotopic (exact) mass is 313 g/mol. The number of rotatable bonds is 5. The molecule has 116 valence electrons. The van der Waals surface area contributed by atoms with Crippen molar-refractivity contribution in [2.75, 3.05) is 6.54 Å². The van der Waals surface area contributed by atoms with Gasteiger partial charge in [0.05, 0.1) is 11.5 Å². The fourth-order valence-electron chi connectivity index (χ4n) is 3.83. The van der Waals surface area contributed by atoms with Crippen LogP contribution in [0, 0.1) is 23.6 Å². The van der Waals surface area contributed by atoms with E-state index in [9.17, 15) is 17.9 Å². The Kier molecular flexibility index (Phi) is 4.03. The molecule has 0 aliphatic heterocycles. The van der Waals surface area contributed by atoms with Crippen molar-refractivity contribution < 1.29 is 17.9 Å². The first-order chi connectivity index (χ1) is 9.99. The van der Waals surface area contributed by atoms with E-state index in [4.69, 9.17) is 0 Å². The van der Waals surface area contributed by atoms with Crippen molar-refractivity contribution >= 4 is 10.0 Å². The molecule has 0 amide bonds. The molecular formula is C15H20FNO3S. The summed E-state index contributed by atoms with van der Waals surface area (Å²) in [5.74, 6) is 1.16. The number of nitrogens with one attached hydrogen (secondary N) is 1. The van der Waals surface area contributed by atoms with Crippen molar-refractivity contribution in [2.45, 2.75) is 37.2 Å². The van der Waals surface area contributed by atoms with Crippen LogP contribution in [0.4, 0.5) is 4.39 Å². The highest BCUT2D eigenvalue weighted by Gasteiger charge is 2.39. The summed E-state index contributed by atoms with van der Waals surface area (Å²) in [6.45, 7) is -0.0183. The normalized spacial score (nSPS) is 28.2. The highest BCUT2D eigenvalue weighted by atomic mass is 32.2. The number of hydrogen-bond acceptors (Lipinski definition) is 3. The average Bonchev–Trinajstić information content (AvgIpc) is 3.08. The largest absolute Gasteiger partial charge is 0.392 e.